The average Bonchev–Trinajstić information content (AvgIpc) is 3.41. The molecule has 9 N–H and O–H groups in total. The van der Waals surface area contributed by atoms with Crippen LogP contribution in [0.25, 0.3) is 0 Å². The van der Waals surface area contributed by atoms with E-state index in [0.717, 1.165) is 36.8 Å². The molecule has 4 atom stereocenters. The van der Waals surface area contributed by atoms with Gasteiger partial charge in [-0.25, -0.2) is 9.98 Å². The molecule has 1 aromatic carbocycles. The first kappa shape index (κ1) is 25.1. The van der Waals surface area contributed by atoms with Crippen LogP contribution in [0.2, 0.25) is 0 Å². The first-order valence-corrected chi connectivity index (χ1v) is 13.0. The molecule has 1 aromatic heterocycles. The quantitative estimate of drug-likeness (QED) is 0.216. The molecule has 13 nitrogen and oxygen atoms in total. The van der Waals surface area contributed by atoms with Crippen molar-refractivity contribution in [3.8, 4) is 0 Å². The second kappa shape index (κ2) is 9.20. The van der Waals surface area contributed by atoms with Gasteiger partial charge in [0.25, 0.3) is 11.8 Å². The third kappa shape index (κ3) is 3.88. The summed E-state index contributed by atoms with van der Waals surface area (Å²) in [6.45, 7) is -0.0690. The predicted octanol–water partition coefficient (Wildman–Crippen LogP) is -1.83. The molecular weight excluding hydrogens is 502 g/mol. The highest BCUT2D eigenvalue weighted by molar-refractivity contribution is 5.97. The van der Waals surface area contributed by atoms with Crippen molar-refractivity contribution in [2.45, 2.75) is 55.3 Å². The van der Waals surface area contributed by atoms with Gasteiger partial charge in [0.05, 0.1) is 6.04 Å². The second-order valence-electron chi connectivity index (χ2n) is 10.3. The molecule has 6 rings (SSSR count). The number of aryl methyl sites for hydroxylation is 1. The number of fused-ring (bicyclic) bond motifs is 1. The van der Waals surface area contributed by atoms with Crippen molar-refractivity contribution in [1.29, 1.82) is 0 Å². The predicted molar refractivity (Wildman–Crippen MR) is 141 cm³/mol. The Kier molecular flexibility index (Phi) is 5.92. The van der Waals surface area contributed by atoms with Crippen molar-refractivity contribution in [2.75, 3.05) is 13.1 Å². The summed E-state index contributed by atoms with van der Waals surface area (Å²) in [4.78, 5) is 40.5. The Hall–Kier alpha value is -4.23. The van der Waals surface area contributed by atoms with Crippen LogP contribution in [0.1, 0.15) is 44.8 Å². The number of guanidine groups is 2. The minimum Gasteiger partial charge on any atom is -0.370 e. The largest absolute Gasteiger partial charge is 0.370 e. The number of pyridine rings is 1. The molecule has 1 unspecified atom stereocenters. The zero-order valence-electron chi connectivity index (χ0n) is 21.2. The molecule has 204 valence electrons. The Morgan fingerprint density at radius 1 is 1.08 bits per heavy atom. The lowest BCUT2D eigenvalue weighted by Gasteiger charge is -2.49. The van der Waals surface area contributed by atoms with Crippen molar-refractivity contribution in [3.05, 3.63) is 65.0 Å². The Bertz CT molecular complexity index is 1380. The molecular formula is C26H31N9O4. The minimum absolute atomic E-state index is 0.00190. The van der Waals surface area contributed by atoms with Crippen LogP contribution in [0.15, 0.2) is 52.6 Å². The summed E-state index contributed by atoms with van der Waals surface area (Å²) in [6.07, 6.45) is 5.28. The fourth-order valence-corrected chi connectivity index (χ4v) is 6.27. The van der Waals surface area contributed by atoms with E-state index in [1.54, 1.807) is 24.3 Å². The number of nitrogens with two attached hydrogens (primary N) is 2. The standard InChI is InChI=1S/C26H31N9O4/c27-23-33-20-18(12-30-22(37)17-10-3-4-11-29-17)31-24(28)35-13-19(26(38,39)25(20,35)34-23)32-21(36)16-9-5-7-14-6-1-2-8-15(14)16/h3-5,7,9-11,18-20,38-39H,1-2,6,8,12-13H2,(H2,28,31)(H,30,37)(H,32,36)(H3,27,33,34)/t18-,19?,20-,25-/m0/s1. The van der Waals surface area contributed by atoms with E-state index in [1.165, 1.54) is 11.1 Å². The highest BCUT2D eigenvalue weighted by Gasteiger charge is 2.73. The number of aliphatic hydroxyl groups is 2. The number of hydrogen-bond acceptors (Lipinski definition) is 11. The van der Waals surface area contributed by atoms with E-state index >= 15 is 0 Å². The molecule has 0 bridgehead atoms. The van der Waals surface area contributed by atoms with Crippen LogP contribution in [-0.4, -0.2) is 86.5 Å². The summed E-state index contributed by atoms with van der Waals surface area (Å²) in [5, 5.41) is 31.8. The van der Waals surface area contributed by atoms with Crippen LogP contribution in [0.5, 0.6) is 0 Å². The van der Waals surface area contributed by atoms with E-state index in [-0.39, 0.29) is 30.7 Å². The van der Waals surface area contributed by atoms with Gasteiger partial charge >= 0.3 is 0 Å². The SMILES string of the molecule is NC1=N[C@H]2[C@H](CNC(=O)c3ccccn3)N=C(N)N3CC(NC(=O)c4cccc5c4CCCC5)C(O)(O)[C@]23N1. The average molecular weight is 534 g/mol. The van der Waals surface area contributed by atoms with Gasteiger partial charge in [-0.3, -0.25) is 14.6 Å². The highest BCUT2D eigenvalue weighted by Crippen LogP contribution is 2.44. The van der Waals surface area contributed by atoms with Gasteiger partial charge in [-0.1, -0.05) is 18.2 Å². The van der Waals surface area contributed by atoms with E-state index in [1.807, 2.05) is 12.1 Å². The summed E-state index contributed by atoms with van der Waals surface area (Å²) in [6, 6.07) is 7.73. The van der Waals surface area contributed by atoms with Gasteiger partial charge in [-0.15, -0.1) is 0 Å². The van der Waals surface area contributed by atoms with Gasteiger partial charge < -0.3 is 42.5 Å². The minimum atomic E-state index is -2.56. The lowest BCUT2D eigenvalue weighted by atomic mass is 9.84. The zero-order valence-corrected chi connectivity index (χ0v) is 21.2. The maximum absolute atomic E-state index is 13.4. The topological polar surface area (TPSA) is 204 Å². The first-order chi connectivity index (χ1) is 18.7. The Balaban J connectivity index is 1.26. The number of nitrogens with zero attached hydrogens (tertiary/aromatic N) is 4. The van der Waals surface area contributed by atoms with Crippen LogP contribution < -0.4 is 27.4 Å². The molecule has 4 heterocycles. The van der Waals surface area contributed by atoms with Crippen LogP contribution >= 0.6 is 0 Å². The van der Waals surface area contributed by atoms with Crippen LogP contribution in [0.4, 0.5) is 0 Å². The maximum atomic E-state index is 13.4. The molecule has 2 amide bonds. The van der Waals surface area contributed by atoms with Gasteiger partial charge in [0.2, 0.25) is 5.79 Å². The van der Waals surface area contributed by atoms with E-state index in [0.29, 0.717) is 5.56 Å². The van der Waals surface area contributed by atoms with Crippen LogP contribution in [0.3, 0.4) is 0 Å². The van der Waals surface area contributed by atoms with E-state index in [4.69, 9.17) is 11.5 Å². The fraction of sp³-hybridized carbons (Fsp3) is 0.423. The van der Waals surface area contributed by atoms with Crippen molar-refractivity contribution >= 4 is 23.7 Å². The number of hydrogen-bond donors (Lipinski definition) is 7. The number of amides is 2. The van der Waals surface area contributed by atoms with Crippen molar-refractivity contribution in [2.24, 2.45) is 21.5 Å². The number of nitrogens with one attached hydrogen (secondary N) is 3. The van der Waals surface area contributed by atoms with Crippen molar-refractivity contribution in [1.82, 2.24) is 25.8 Å². The Morgan fingerprint density at radius 3 is 2.69 bits per heavy atom. The molecule has 39 heavy (non-hydrogen) atoms. The number of carbonyl (C=O) groups excluding carboxylic acids is 2. The van der Waals surface area contributed by atoms with Gasteiger partial charge in [-0.05, 0) is 55.0 Å². The van der Waals surface area contributed by atoms with Crippen molar-refractivity contribution in [3.63, 3.8) is 0 Å². The smallest absolute Gasteiger partial charge is 0.269 e. The number of aliphatic imine (C=N–C) groups is 2. The molecule has 1 saturated heterocycles. The molecule has 4 aliphatic rings. The third-order valence-corrected chi connectivity index (χ3v) is 8.12. The van der Waals surface area contributed by atoms with Crippen LogP contribution in [0, 0.1) is 0 Å². The number of benzene rings is 1. The molecule has 1 aliphatic carbocycles. The lowest BCUT2D eigenvalue weighted by molar-refractivity contribution is -0.230. The lowest BCUT2D eigenvalue weighted by Crippen LogP contribution is -2.78. The highest BCUT2D eigenvalue weighted by atomic mass is 16.5. The first-order valence-electron chi connectivity index (χ1n) is 13.0. The number of carbonyl (C=O) groups is 2. The summed E-state index contributed by atoms with van der Waals surface area (Å²) >= 11 is 0. The van der Waals surface area contributed by atoms with E-state index in [9.17, 15) is 19.8 Å². The summed E-state index contributed by atoms with van der Waals surface area (Å²) in [5.41, 5.74) is 13.5. The van der Waals surface area contributed by atoms with Crippen LogP contribution in [-0.2, 0) is 12.8 Å². The Morgan fingerprint density at radius 2 is 1.90 bits per heavy atom. The second-order valence-corrected chi connectivity index (χ2v) is 10.3. The van der Waals surface area contributed by atoms with Gasteiger partial charge in [0, 0.05) is 24.8 Å². The number of aromatic nitrogens is 1. The normalized spacial score (nSPS) is 28.3. The maximum Gasteiger partial charge on any atom is 0.269 e. The number of rotatable bonds is 5. The van der Waals surface area contributed by atoms with E-state index in [2.05, 4.69) is 30.9 Å². The van der Waals surface area contributed by atoms with Gasteiger partial charge in [0.15, 0.2) is 17.6 Å². The van der Waals surface area contributed by atoms with Crippen molar-refractivity contribution < 1.29 is 19.8 Å². The third-order valence-electron chi connectivity index (χ3n) is 8.12. The summed E-state index contributed by atoms with van der Waals surface area (Å²) < 4.78 is 0. The van der Waals surface area contributed by atoms with E-state index < -0.39 is 41.4 Å². The monoisotopic (exact) mass is 533 g/mol. The van der Waals surface area contributed by atoms with Gasteiger partial charge in [-0.2, -0.15) is 0 Å². The molecule has 2 aromatic rings. The molecule has 3 aliphatic heterocycles. The van der Waals surface area contributed by atoms with Gasteiger partial charge in [0.1, 0.15) is 17.8 Å². The molecule has 0 radical (unpaired) electrons. The molecule has 0 saturated carbocycles. The summed E-state index contributed by atoms with van der Waals surface area (Å²) in [7, 11) is 0. The molecule has 13 heteroatoms. The molecule has 1 fully saturated rings. The Labute approximate surface area is 224 Å². The molecule has 1 spiro atoms. The zero-order chi connectivity index (χ0) is 27.4. The summed E-state index contributed by atoms with van der Waals surface area (Å²) in [5.74, 6) is -3.42. The fourth-order valence-electron chi connectivity index (χ4n) is 6.27.